The van der Waals surface area contributed by atoms with Gasteiger partial charge in [0.2, 0.25) is 0 Å². The monoisotopic (exact) mass is 242 g/mol. The smallest absolute Gasteiger partial charge is 0.313 e. The van der Waals surface area contributed by atoms with E-state index in [0.29, 0.717) is 5.92 Å². The number of carboxylic acid groups (broad SMARTS) is 1. The van der Waals surface area contributed by atoms with Crippen LogP contribution in [-0.4, -0.2) is 26.6 Å². The predicted octanol–water partition coefficient (Wildman–Crippen LogP) is 2.76. The standard InChI is InChI=1S/C11H18N2O2S/c1-7(2)9-5-10(16-6-11(14)15)13(12-9)8(3)4/h5,7-8H,6H2,1-4H3,(H,14,15). The molecule has 1 N–H and O–H groups in total. The maximum Gasteiger partial charge on any atom is 0.313 e. The Morgan fingerprint density at radius 1 is 1.50 bits per heavy atom. The van der Waals surface area contributed by atoms with E-state index in [1.54, 1.807) is 0 Å². The van der Waals surface area contributed by atoms with E-state index in [4.69, 9.17) is 5.11 Å². The molecule has 0 atom stereocenters. The molecule has 0 radical (unpaired) electrons. The Kier molecular flexibility index (Phi) is 4.41. The molecule has 0 bridgehead atoms. The molecule has 0 spiro atoms. The van der Waals surface area contributed by atoms with Crippen molar-refractivity contribution in [3.63, 3.8) is 0 Å². The molecule has 5 heteroatoms. The highest BCUT2D eigenvalue weighted by Crippen LogP contribution is 2.25. The van der Waals surface area contributed by atoms with Crippen LogP contribution < -0.4 is 0 Å². The summed E-state index contributed by atoms with van der Waals surface area (Å²) >= 11 is 1.32. The second-order valence-electron chi connectivity index (χ2n) is 4.28. The molecule has 0 aromatic carbocycles. The van der Waals surface area contributed by atoms with Gasteiger partial charge in [-0.1, -0.05) is 25.6 Å². The van der Waals surface area contributed by atoms with Gasteiger partial charge in [0, 0.05) is 6.04 Å². The van der Waals surface area contributed by atoms with Crippen LogP contribution >= 0.6 is 11.8 Å². The van der Waals surface area contributed by atoms with Crippen molar-refractivity contribution >= 4 is 17.7 Å². The van der Waals surface area contributed by atoms with Gasteiger partial charge < -0.3 is 5.11 Å². The third kappa shape index (κ3) is 3.27. The molecule has 1 heterocycles. The fourth-order valence-corrected chi connectivity index (χ4v) is 2.15. The van der Waals surface area contributed by atoms with E-state index in [2.05, 4.69) is 18.9 Å². The Morgan fingerprint density at radius 2 is 2.12 bits per heavy atom. The number of thioether (sulfide) groups is 1. The van der Waals surface area contributed by atoms with E-state index in [0.717, 1.165) is 10.7 Å². The lowest BCUT2D eigenvalue weighted by molar-refractivity contribution is -0.133. The number of nitrogens with zero attached hydrogens (tertiary/aromatic N) is 2. The quantitative estimate of drug-likeness (QED) is 0.807. The van der Waals surface area contributed by atoms with E-state index in [1.165, 1.54) is 11.8 Å². The fraction of sp³-hybridized carbons (Fsp3) is 0.636. The first-order chi connectivity index (χ1) is 7.41. The lowest BCUT2D eigenvalue weighted by Crippen LogP contribution is -2.06. The predicted molar refractivity (Wildman–Crippen MR) is 65.1 cm³/mol. The van der Waals surface area contributed by atoms with Crippen LogP contribution in [0, 0.1) is 0 Å². The van der Waals surface area contributed by atoms with Gasteiger partial charge in [0.15, 0.2) is 0 Å². The number of hydrogen-bond acceptors (Lipinski definition) is 3. The van der Waals surface area contributed by atoms with Crippen LogP contribution in [0.25, 0.3) is 0 Å². The van der Waals surface area contributed by atoms with Crippen molar-refractivity contribution in [2.24, 2.45) is 0 Å². The number of aromatic nitrogens is 2. The third-order valence-corrected chi connectivity index (χ3v) is 3.14. The van der Waals surface area contributed by atoms with E-state index < -0.39 is 5.97 Å². The van der Waals surface area contributed by atoms with Gasteiger partial charge in [-0.05, 0) is 25.8 Å². The van der Waals surface area contributed by atoms with Crippen LogP contribution in [0.2, 0.25) is 0 Å². The molecule has 1 aromatic heterocycles. The molecule has 0 aliphatic rings. The first-order valence-electron chi connectivity index (χ1n) is 5.35. The summed E-state index contributed by atoms with van der Waals surface area (Å²) in [5.41, 5.74) is 1.02. The summed E-state index contributed by atoms with van der Waals surface area (Å²) in [7, 11) is 0. The number of carboxylic acids is 1. The second-order valence-corrected chi connectivity index (χ2v) is 5.28. The summed E-state index contributed by atoms with van der Waals surface area (Å²) in [6.07, 6.45) is 0. The topological polar surface area (TPSA) is 55.1 Å². The van der Waals surface area contributed by atoms with Crippen LogP contribution in [0.5, 0.6) is 0 Å². The van der Waals surface area contributed by atoms with Crippen molar-refractivity contribution < 1.29 is 9.90 Å². The number of rotatable bonds is 5. The maximum atomic E-state index is 10.5. The highest BCUT2D eigenvalue weighted by atomic mass is 32.2. The summed E-state index contributed by atoms with van der Waals surface area (Å²) in [4.78, 5) is 10.5. The second kappa shape index (κ2) is 5.39. The first-order valence-corrected chi connectivity index (χ1v) is 6.34. The number of hydrogen-bond donors (Lipinski definition) is 1. The molecule has 0 fully saturated rings. The average molecular weight is 242 g/mol. The van der Waals surface area contributed by atoms with Gasteiger partial charge in [-0.3, -0.25) is 9.48 Å². The molecule has 0 aliphatic carbocycles. The van der Waals surface area contributed by atoms with Gasteiger partial charge >= 0.3 is 5.97 Å². The SMILES string of the molecule is CC(C)c1cc(SCC(=O)O)n(C(C)C)n1. The summed E-state index contributed by atoms with van der Waals surface area (Å²) in [5, 5.41) is 14.1. The van der Waals surface area contributed by atoms with Crippen LogP contribution in [0.4, 0.5) is 0 Å². The zero-order chi connectivity index (χ0) is 12.3. The molecular formula is C11H18N2O2S. The Labute approximate surface area is 100 Å². The van der Waals surface area contributed by atoms with Crippen molar-refractivity contribution in [1.29, 1.82) is 0 Å². The van der Waals surface area contributed by atoms with E-state index in [1.807, 2.05) is 24.6 Å². The molecule has 4 nitrogen and oxygen atoms in total. The Bertz CT molecular complexity index is 372. The van der Waals surface area contributed by atoms with Gasteiger partial charge in [-0.15, -0.1) is 0 Å². The minimum absolute atomic E-state index is 0.0793. The average Bonchev–Trinajstić information content (AvgIpc) is 2.58. The van der Waals surface area contributed by atoms with Crippen LogP contribution in [0.15, 0.2) is 11.1 Å². The van der Waals surface area contributed by atoms with Crippen LogP contribution in [-0.2, 0) is 4.79 Å². The van der Waals surface area contributed by atoms with E-state index in [-0.39, 0.29) is 11.8 Å². The first kappa shape index (κ1) is 13.1. The minimum Gasteiger partial charge on any atom is -0.481 e. The Morgan fingerprint density at radius 3 is 2.56 bits per heavy atom. The number of aliphatic carboxylic acids is 1. The zero-order valence-corrected chi connectivity index (χ0v) is 10.9. The van der Waals surface area contributed by atoms with Crippen molar-refractivity contribution in [1.82, 2.24) is 9.78 Å². The molecule has 0 amide bonds. The molecular weight excluding hydrogens is 224 g/mol. The normalized spacial score (nSPS) is 11.4. The van der Waals surface area contributed by atoms with E-state index >= 15 is 0 Å². The number of carbonyl (C=O) groups is 1. The molecule has 1 rings (SSSR count). The van der Waals surface area contributed by atoms with Gasteiger partial charge in [0.25, 0.3) is 0 Å². The van der Waals surface area contributed by atoms with Crippen molar-refractivity contribution in [3.05, 3.63) is 11.8 Å². The summed E-state index contributed by atoms with van der Waals surface area (Å²) in [6, 6.07) is 2.24. The van der Waals surface area contributed by atoms with Crippen LogP contribution in [0.3, 0.4) is 0 Å². The molecule has 0 unspecified atom stereocenters. The van der Waals surface area contributed by atoms with Gasteiger partial charge in [-0.25, -0.2) is 0 Å². The molecule has 0 saturated heterocycles. The minimum atomic E-state index is -0.799. The highest BCUT2D eigenvalue weighted by molar-refractivity contribution is 7.99. The Hall–Kier alpha value is -0.970. The Balaban J connectivity index is 2.91. The fourth-order valence-electron chi connectivity index (χ4n) is 1.29. The van der Waals surface area contributed by atoms with Crippen molar-refractivity contribution in [2.75, 3.05) is 5.75 Å². The van der Waals surface area contributed by atoms with Crippen LogP contribution in [0.1, 0.15) is 45.3 Å². The van der Waals surface area contributed by atoms with Crippen molar-refractivity contribution in [3.8, 4) is 0 Å². The van der Waals surface area contributed by atoms with Gasteiger partial charge in [0.05, 0.1) is 16.5 Å². The van der Waals surface area contributed by atoms with E-state index in [9.17, 15) is 4.79 Å². The molecule has 1 aromatic rings. The molecule has 90 valence electrons. The lowest BCUT2D eigenvalue weighted by Gasteiger charge is -2.09. The third-order valence-electron chi connectivity index (χ3n) is 2.14. The summed E-state index contributed by atoms with van der Waals surface area (Å²) < 4.78 is 1.89. The zero-order valence-electron chi connectivity index (χ0n) is 10.1. The summed E-state index contributed by atoms with van der Waals surface area (Å²) in [6.45, 7) is 8.25. The summed E-state index contributed by atoms with van der Waals surface area (Å²) in [5.74, 6) is -0.354. The maximum absolute atomic E-state index is 10.5. The largest absolute Gasteiger partial charge is 0.481 e. The molecule has 16 heavy (non-hydrogen) atoms. The molecule has 0 aliphatic heterocycles. The van der Waals surface area contributed by atoms with Gasteiger partial charge in [0.1, 0.15) is 0 Å². The molecule has 0 saturated carbocycles. The van der Waals surface area contributed by atoms with Gasteiger partial charge in [-0.2, -0.15) is 5.10 Å². The highest BCUT2D eigenvalue weighted by Gasteiger charge is 2.14. The lowest BCUT2D eigenvalue weighted by atomic mass is 10.1. The van der Waals surface area contributed by atoms with Crippen molar-refractivity contribution in [2.45, 2.75) is 44.7 Å².